The number of carbonyl (C=O) groups is 2. The summed E-state index contributed by atoms with van der Waals surface area (Å²) in [6.45, 7) is 6.73. The Bertz CT molecular complexity index is 1470. The van der Waals surface area contributed by atoms with Crippen molar-refractivity contribution < 1.29 is 24.0 Å². The average molecular weight is 616 g/mol. The Kier molecular flexibility index (Phi) is 7.75. The number of hydrogen-bond donors (Lipinski definition) is 2. The van der Waals surface area contributed by atoms with Crippen LogP contribution in [0, 0.1) is 17.0 Å². The molecule has 2 aliphatic heterocycles. The van der Waals surface area contributed by atoms with Crippen LogP contribution >= 0.6 is 15.9 Å². The van der Waals surface area contributed by atoms with Crippen molar-refractivity contribution in [2.24, 2.45) is 0 Å². The minimum absolute atomic E-state index is 0.0841. The highest BCUT2D eigenvalue weighted by Crippen LogP contribution is 2.36. The molecule has 2 aromatic heterocycles. The summed E-state index contributed by atoms with van der Waals surface area (Å²) in [5.74, 6) is -0.603. The number of fused-ring (bicyclic) bond motifs is 1. The van der Waals surface area contributed by atoms with E-state index < -0.39 is 17.1 Å². The van der Waals surface area contributed by atoms with Gasteiger partial charge in [-0.05, 0) is 26.8 Å². The molecule has 4 atom stereocenters. The Morgan fingerprint density at radius 3 is 2.48 bits per heavy atom. The molecule has 2 aliphatic rings. The van der Waals surface area contributed by atoms with Crippen molar-refractivity contribution in [3.05, 3.63) is 55.9 Å². The van der Waals surface area contributed by atoms with Crippen LogP contribution in [-0.4, -0.2) is 99.4 Å². The van der Waals surface area contributed by atoms with E-state index in [0.29, 0.717) is 39.7 Å². The summed E-state index contributed by atoms with van der Waals surface area (Å²) >= 11 is 3.33. The third-order valence-electron chi connectivity index (χ3n) is 7.28. The molecular weight excluding hydrogens is 586 g/mol. The van der Waals surface area contributed by atoms with Gasteiger partial charge in [-0.2, -0.15) is 5.10 Å². The summed E-state index contributed by atoms with van der Waals surface area (Å²) < 4.78 is 11.9. The zero-order valence-corrected chi connectivity index (χ0v) is 24.1. The number of nitro groups is 1. The van der Waals surface area contributed by atoms with Gasteiger partial charge in [-0.25, -0.2) is 0 Å². The molecule has 0 spiro atoms. The fourth-order valence-electron chi connectivity index (χ4n) is 5.54. The number of methoxy groups -OCH3 is 1. The Morgan fingerprint density at radius 2 is 1.80 bits per heavy atom. The van der Waals surface area contributed by atoms with Gasteiger partial charge in [0.2, 0.25) is 0 Å². The summed E-state index contributed by atoms with van der Waals surface area (Å²) in [6.07, 6.45) is 2.29. The van der Waals surface area contributed by atoms with Crippen molar-refractivity contribution in [2.75, 3.05) is 38.6 Å². The van der Waals surface area contributed by atoms with Crippen LogP contribution in [0.5, 0.6) is 0 Å². The Labute approximate surface area is 238 Å². The summed E-state index contributed by atoms with van der Waals surface area (Å²) in [5.41, 5.74) is 1.72. The molecule has 0 saturated carbocycles. The Morgan fingerprint density at radius 1 is 1.12 bits per heavy atom. The smallest absolute Gasteiger partial charge is 0.294 e. The van der Waals surface area contributed by atoms with Gasteiger partial charge < -0.3 is 24.6 Å². The van der Waals surface area contributed by atoms with E-state index in [1.54, 1.807) is 22.1 Å². The molecule has 0 radical (unpaired) electrons. The van der Waals surface area contributed by atoms with Crippen molar-refractivity contribution in [3.63, 3.8) is 0 Å². The molecule has 40 heavy (non-hydrogen) atoms. The second kappa shape index (κ2) is 11.1. The van der Waals surface area contributed by atoms with E-state index in [1.807, 2.05) is 20.8 Å². The molecule has 4 heterocycles. The largest absolute Gasteiger partial charge is 0.377 e. The lowest BCUT2D eigenvalue weighted by Crippen LogP contribution is -2.48. The van der Waals surface area contributed by atoms with Crippen LogP contribution in [-0.2, 0) is 9.47 Å². The van der Waals surface area contributed by atoms with E-state index in [0.717, 1.165) is 0 Å². The molecule has 1 aromatic carbocycles. The predicted molar refractivity (Wildman–Crippen MR) is 149 cm³/mol. The highest BCUT2D eigenvalue weighted by molar-refractivity contribution is 9.10. The first kappa shape index (κ1) is 27.9. The number of rotatable bonds is 6. The van der Waals surface area contributed by atoms with Crippen molar-refractivity contribution >= 4 is 50.0 Å². The van der Waals surface area contributed by atoms with Crippen LogP contribution in [0.1, 0.15) is 40.3 Å². The van der Waals surface area contributed by atoms with Gasteiger partial charge in [-0.1, -0.05) is 15.9 Å². The maximum atomic E-state index is 13.7. The lowest BCUT2D eigenvalue weighted by molar-refractivity contribution is -0.384. The molecule has 3 aromatic rings. The molecule has 2 fully saturated rings. The SMILES string of the molecule is CO[C@H]1CN(C(=O)c2cncc3[nH]nc(C)c23)C[C@@H]1Nc1c(C(=O)N2C[C@@H](C)O[C@@H](C)C2)cc(Br)cc1[N+](=O)[O-]. The third kappa shape index (κ3) is 5.25. The number of likely N-dealkylation sites (tertiary alicyclic amines) is 1. The number of ether oxygens (including phenoxy) is 2. The number of hydrogen-bond acceptors (Lipinski definition) is 9. The van der Waals surface area contributed by atoms with E-state index in [-0.39, 0.29) is 54.1 Å². The monoisotopic (exact) mass is 615 g/mol. The van der Waals surface area contributed by atoms with Crippen LogP contribution in [0.25, 0.3) is 10.9 Å². The molecule has 13 nitrogen and oxygen atoms in total. The maximum absolute atomic E-state index is 13.7. The number of anilines is 1. The van der Waals surface area contributed by atoms with Gasteiger partial charge in [0.15, 0.2) is 0 Å². The first-order valence-corrected chi connectivity index (χ1v) is 13.7. The topological polar surface area (TPSA) is 156 Å². The number of halogens is 1. The Hall–Kier alpha value is -3.62. The molecule has 14 heteroatoms. The van der Waals surface area contributed by atoms with E-state index >= 15 is 0 Å². The van der Waals surface area contributed by atoms with E-state index in [9.17, 15) is 19.7 Å². The number of aryl methyl sites for hydroxylation is 1. The summed E-state index contributed by atoms with van der Waals surface area (Å²) in [6, 6.07) is 2.41. The van der Waals surface area contributed by atoms with Gasteiger partial charge in [0.25, 0.3) is 17.5 Å². The molecule has 0 unspecified atom stereocenters. The van der Waals surface area contributed by atoms with Gasteiger partial charge in [-0.3, -0.25) is 29.8 Å². The maximum Gasteiger partial charge on any atom is 0.294 e. The predicted octanol–water partition coefficient (Wildman–Crippen LogP) is 3.14. The number of carbonyl (C=O) groups excluding carboxylic acids is 2. The summed E-state index contributed by atoms with van der Waals surface area (Å²) in [5, 5.41) is 23.1. The first-order valence-electron chi connectivity index (χ1n) is 12.9. The van der Waals surface area contributed by atoms with Gasteiger partial charge in [0.05, 0.1) is 57.8 Å². The number of amides is 2. The fraction of sp³-hybridized carbons (Fsp3) is 0.462. The summed E-state index contributed by atoms with van der Waals surface area (Å²) in [7, 11) is 1.52. The number of nitrogens with one attached hydrogen (secondary N) is 2. The highest BCUT2D eigenvalue weighted by atomic mass is 79.9. The molecule has 2 N–H and O–H groups in total. The second-order valence-corrected chi connectivity index (χ2v) is 11.1. The summed E-state index contributed by atoms with van der Waals surface area (Å²) in [4.78, 5) is 46.4. The van der Waals surface area contributed by atoms with Crippen molar-refractivity contribution in [1.82, 2.24) is 25.0 Å². The van der Waals surface area contributed by atoms with Crippen molar-refractivity contribution in [1.29, 1.82) is 0 Å². The molecular formula is C26H30BrN7O6. The van der Waals surface area contributed by atoms with Crippen LogP contribution in [0.3, 0.4) is 0 Å². The number of aromatic nitrogens is 3. The molecule has 212 valence electrons. The number of H-pyrrole nitrogens is 1. The van der Waals surface area contributed by atoms with Gasteiger partial charge in [-0.15, -0.1) is 0 Å². The number of pyridine rings is 1. The van der Waals surface area contributed by atoms with Crippen LogP contribution in [0.15, 0.2) is 29.0 Å². The number of nitro benzene ring substituents is 1. The standard InChI is InChI=1S/C26H30BrN7O6/c1-13-9-32(10-14(2)40-13)25(35)17-5-16(27)6-21(34(37)38)24(17)29-20-11-33(12-22(20)39-4)26(36)18-7-28-8-19-23(18)15(3)30-31-19/h5-8,13-14,20,22,29H,9-12H2,1-4H3,(H,30,31)/t13-,14+,20-,22-/m0/s1. The third-order valence-corrected chi connectivity index (χ3v) is 7.74. The van der Waals surface area contributed by atoms with E-state index in [4.69, 9.17) is 9.47 Å². The lowest BCUT2D eigenvalue weighted by Gasteiger charge is -2.35. The van der Waals surface area contributed by atoms with Crippen LogP contribution in [0.2, 0.25) is 0 Å². The second-order valence-electron chi connectivity index (χ2n) is 10.2. The quantitative estimate of drug-likeness (QED) is 0.314. The van der Waals surface area contributed by atoms with Gasteiger partial charge in [0, 0.05) is 55.4 Å². The molecule has 5 rings (SSSR count). The number of nitrogens with zero attached hydrogens (tertiary/aromatic N) is 5. The number of morpholine rings is 1. The highest BCUT2D eigenvalue weighted by Gasteiger charge is 2.39. The van der Waals surface area contributed by atoms with Crippen molar-refractivity contribution in [3.8, 4) is 0 Å². The van der Waals surface area contributed by atoms with Crippen molar-refractivity contribution in [2.45, 2.75) is 45.1 Å². The molecule has 0 aliphatic carbocycles. The molecule has 2 saturated heterocycles. The number of aromatic amines is 1. The minimum atomic E-state index is -0.527. The minimum Gasteiger partial charge on any atom is -0.377 e. The van der Waals surface area contributed by atoms with Crippen LogP contribution < -0.4 is 5.32 Å². The lowest BCUT2D eigenvalue weighted by atomic mass is 10.1. The van der Waals surface area contributed by atoms with Gasteiger partial charge in [0.1, 0.15) is 5.69 Å². The first-order chi connectivity index (χ1) is 19.1. The molecule has 2 amide bonds. The van der Waals surface area contributed by atoms with Gasteiger partial charge >= 0.3 is 0 Å². The normalized spacial score (nSPS) is 23.0. The molecule has 0 bridgehead atoms. The zero-order valence-electron chi connectivity index (χ0n) is 22.5. The number of benzene rings is 1. The average Bonchev–Trinajstić information content (AvgIpc) is 3.51. The zero-order chi connectivity index (χ0) is 28.7. The fourth-order valence-corrected chi connectivity index (χ4v) is 5.99. The van der Waals surface area contributed by atoms with Crippen LogP contribution in [0.4, 0.5) is 11.4 Å². The Balaban J connectivity index is 1.46. The van der Waals surface area contributed by atoms with E-state index in [1.165, 1.54) is 19.4 Å². The van der Waals surface area contributed by atoms with E-state index in [2.05, 4.69) is 36.4 Å².